The molecule has 1 atom stereocenters. The lowest BCUT2D eigenvalue weighted by Gasteiger charge is -2.29. The molecule has 0 aliphatic carbocycles. The summed E-state index contributed by atoms with van der Waals surface area (Å²) in [6.07, 6.45) is 2.21. The lowest BCUT2D eigenvalue weighted by atomic mass is 9.99. The Labute approximate surface area is 137 Å². The summed E-state index contributed by atoms with van der Waals surface area (Å²) in [6, 6.07) is 7.44. The van der Waals surface area contributed by atoms with Crippen LogP contribution in [0.4, 0.5) is 4.79 Å². The molecule has 5 heteroatoms. The van der Waals surface area contributed by atoms with Crippen LogP contribution in [-0.2, 0) is 15.9 Å². The van der Waals surface area contributed by atoms with Gasteiger partial charge in [0.25, 0.3) is 0 Å². The summed E-state index contributed by atoms with van der Waals surface area (Å²) in [5.41, 5.74) is 0.958. The molecule has 1 saturated heterocycles. The first-order valence-electron chi connectivity index (χ1n) is 7.97. The Balaban J connectivity index is 2.13. The third-order valence-electron chi connectivity index (χ3n) is 3.88. The van der Waals surface area contributed by atoms with Crippen LogP contribution in [0.5, 0.6) is 0 Å². The summed E-state index contributed by atoms with van der Waals surface area (Å²) in [6.45, 7) is 6.29. The molecule has 1 fully saturated rings. The van der Waals surface area contributed by atoms with Gasteiger partial charge in [0.15, 0.2) is 0 Å². The van der Waals surface area contributed by atoms with Crippen molar-refractivity contribution in [3.63, 3.8) is 0 Å². The average molecular weight is 319 g/mol. The molecule has 0 saturated carbocycles. The van der Waals surface area contributed by atoms with Crippen LogP contribution in [0.25, 0.3) is 0 Å². The molecule has 126 valence electrons. The number of ether oxygens (including phenoxy) is 2. The number of amides is 1. The standard InChI is InChI=1S/C18H25NO4/c1-18(2,3)23-17(21)19-11-7-9-14(19)12-13-8-5-6-10-15(13)16(20)22-4/h5-6,8,10,14H,7,9,11-12H2,1-4H3. The minimum Gasteiger partial charge on any atom is -0.465 e. The number of rotatable bonds is 3. The smallest absolute Gasteiger partial charge is 0.410 e. The molecule has 1 aliphatic heterocycles. The highest BCUT2D eigenvalue weighted by Crippen LogP contribution is 2.25. The monoisotopic (exact) mass is 319 g/mol. The molecule has 1 aliphatic rings. The minimum atomic E-state index is -0.506. The number of carbonyl (C=O) groups is 2. The SMILES string of the molecule is COC(=O)c1ccccc1CC1CCCN1C(=O)OC(C)(C)C. The molecule has 0 aromatic heterocycles. The van der Waals surface area contributed by atoms with E-state index in [1.54, 1.807) is 11.0 Å². The fourth-order valence-electron chi connectivity index (χ4n) is 2.87. The summed E-state index contributed by atoms with van der Waals surface area (Å²) in [4.78, 5) is 26.0. The second-order valence-corrected chi connectivity index (χ2v) is 6.82. The summed E-state index contributed by atoms with van der Waals surface area (Å²) in [7, 11) is 1.38. The van der Waals surface area contributed by atoms with Gasteiger partial charge in [-0.3, -0.25) is 0 Å². The highest BCUT2D eigenvalue weighted by Gasteiger charge is 2.32. The van der Waals surface area contributed by atoms with E-state index in [-0.39, 0.29) is 18.1 Å². The van der Waals surface area contributed by atoms with Gasteiger partial charge in [0, 0.05) is 12.6 Å². The van der Waals surface area contributed by atoms with Crippen LogP contribution in [0.15, 0.2) is 24.3 Å². The number of esters is 1. The molecule has 1 aromatic rings. The van der Waals surface area contributed by atoms with E-state index in [0.29, 0.717) is 18.5 Å². The van der Waals surface area contributed by atoms with Gasteiger partial charge in [0.05, 0.1) is 12.7 Å². The van der Waals surface area contributed by atoms with E-state index >= 15 is 0 Å². The van der Waals surface area contributed by atoms with Crippen molar-refractivity contribution >= 4 is 12.1 Å². The lowest BCUT2D eigenvalue weighted by molar-refractivity contribution is 0.0227. The van der Waals surface area contributed by atoms with E-state index in [9.17, 15) is 9.59 Å². The zero-order valence-corrected chi connectivity index (χ0v) is 14.3. The van der Waals surface area contributed by atoms with E-state index in [2.05, 4.69) is 0 Å². The summed E-state index contributed by atoms with van der Waals surface area (Å²) in [5.74, 6) is -0.345. The number of likely N-dealkylation sites (tertiary alicyclic amines) is 1. The molecule has 0 bridgehead atoms. The van der Waals surface area contributed by atoms with Gasteiger partial charge >= 0.3 is 12.1 Å². The van der Waals surface area contributed by atoms with Crippen molar-refractivity contribution < 1.29 is 19.1 Å². The second-order valence-electron chi connectivity index (χ2n) is 6.82. The second kappa shape index (κ2) is 7.02. The molecule has 2 rings (SSSR count). The number of methoxy groups -OCH3 is 1. The third-order valence-corrected chi connectivity index (χ3v) is 3.88. The first kappa shape index (κ1) is 17.3. The van der Waals surface area contributed by atoms with Gasteiger partial charge in [-0.25, -0.2) is 9.59 Å². The Kier molecular flexibility index (Phi) is 5.29. The van der Waals surface area contributed by atoms with Crippen molar-refractivity contribution in [3.8, 4) is 0 Å². The van der Waals surface area contributed by atoms with Crippen LogP contribution in [0.1, 0.15) is 49.5 Å². The van der Waals surface area contributed by atoms with Gasteiger partial charge in [-0.1, -0.05) is 18.2 Å². The molecule has 5 nitrogen and oxygen atoms in total. The van der Waals surface area contributed by atoms with E-state index in [1.807, 2.05) is 39.0 Å². The van der Waals surface area contributed by atoms with E-state index < -0.39 is 5.60 Å². The molecule has 1 aromatic carbocycles. The van der Waals surface area contributed by atoms with Crippen LogP contribution < -0.4 is 0 Å². The van der Waals surface area contributed by atoms with Gasteiger partial charge in [0.1, 0.15) is 5.60 Å². The predicted molar refractivity (Wildman–Crippen MR) is 87.4 cm³/mol. The van der Waals surface area contributed by atoms with Gasteiger partial charge in [0.2, 0.25) is 0 Å². The van der Waals surface area contributed by atoms with Crippen molar-refractivity contribution in [2.24, 2.45) is 0 Å². The number of benzene rings is 1. The van der Waals surface area contributed by atoms with Crippen molar-refractivity contribution in [2.45, 2.75) is 51.7 Å². The van der Waals surface area contributed by atoms with Crippen molar-refractivity contribution in [2.75, 3.05) is 13.7 Å². The quantitative estimate of drug-likeness (QED) is 0.801. The number of hydrogen-bond acceptors (Lipinski definition) is 4. The largest absolute Gasteiger partial charge is 0.465 e. The zero-order chi connectivity index (χ0) is 17.0. The molecular formula is C18H25NO4. The first-order valence-corrected chi connectivity index (χ1v) is 7.97. The van der Waals surface area contributed by atoms with E-state index in [4.69, 9.17) is 9.47 Å². The Morgan fingerprint density at radius 1 is 1.26 bits per heavy atom. The first-order chi connectivity index (χ1) is 10.8. The average Bonchev–Trinajstić information content (AvgIpc) is 2.93. The fraction of sp³-hybridized carbons (Fsp3) is 0.556. The zero-order valence-electron chi connectivity index (χ0n) is 14.3. The van der Waals surface area contributed by atoms with Gasteiger partial charge in [-0.2, -0.15) is 0 Å². The van der Waals surface area contributed by atoms with Crippen molar-refractivity contribution in [1.82, 2.24) is 4.90 Å². The van der Waals surface area contributed by atoms with Crippen LogP contribution in [-0.4, -0.2) is 42.3 Å². The molecule has 1 unspecified atom stereocenters. The third kappa shape index (κ3) is 4.47. The molecule has 0 N–H and O–H groups in total. The molecule has 23 heavy (non-hydrogen) atoms. The number of carbonyl (C=O) groups excluding carboxylic acids is 2. The van der Waals surface area contributed by atoms with Crippen LogP contribution in [0, 0.1) is 0 Å². The molecule has 0 spiro atoms. The van der Waals surface area contributed by atoms with E-state index in [1.165, 1.54) is 7.11 Å². The fourth-order valence-corrected chi connectivity index (χ4v) is 2.87. The summed E-state index contributed by atoms with van der Waals surface area (Å²) in [5, 5.41) is 0. The maximum absolute atomic E-state index is 12.3. The number of nitrogens with zero attached hydrogens (tertiary/aromatic N) is 1. The highest BCUT2D eigenvalue weighted by atomic mass is 16.6. The Morgan fingerprint density at radius 2 is 1.96 bits per heavy atom. The topological polar surface area (TPSA) is 55.8 Å². The summed E-state index contributed by atoms with van der Waals surface area (Å²) < 4.78 is 10.3. The Morgan fingerprint density at radius 3 is 2.61 bits per heavy atom. The Bertz CT molecular complexity index is 577. The normalized spacial score (nSPS) is 17.9. The maximum atomic E-state index is 12.3. The van der Waals surface area contributed by atoms with Crippen molar-refractivity contribution in [1.29, 1.82) is 0 Å². The van der Waals surface area contributed by atoms with Gasteiger partial charge in [-0.05, 0) is 51.7 Å². The number of hydrogen-bond donors (Lipinski definition) is 0. The van der Waals surface area contributed by atoms with Crippen molar-refractivity contribution in [3.05, 3.63) is 35.4 Å². The predicted octanol–water partition coefficient (Wildman–Crippen LogP) is 3.42. The van der Waals surface area contributed by atoms with E-state index in [0.717, 1.165) is 18.4 Å². The van der Waals surface area contributed by atoms with Gasteiger partial charge < -0.3 is 14.4 Å². The van der Waals surface area contributed by atoms with Crippen LogP contribution in [0.2, 0.25) is 0 Å². The molecule has 1 heterocycles. The minimum absolute atomic E-state index is 0.0515. The van der Waals surface area contributed by atoms with Crippen LogP contribution in [0.3, 0.4) is 0 Å². The lowest BCUT2D eigenvalue weighted by Crippen LogP contribution is -2.40. The Hall–Kier alpha value is -2.04. The van der Waals surface area contributed by atoms with Gasteiger partial charge in [-0.15, -0.1) is 0 Å². The molecular weight excluding hydrogens is 294 g/mol. The molecule has 1 amide bonds. The highest BCUT2D eigenvalue weighted by molar-refractivity contribution is 5.91. The molecule has 0 radical (unpaired) electrons. The maximum Gasteiger partial charge on any atom is 0.410 e. The van der Waals surface area contributed by atoms with Crippen LogP contribution >= 0.6 is 0 Å². The summed E-state index contributed by atoms with van der Waals surface area (Å²) >= 11 is 0.